The molecule has 0 bridgehead atoms. The summed E-state index contributed by atoms with van der Waals surface area (Å²) in [6.07, 6.45) is 0.0831. The molecular weight excluding hydrogens is 399 g/mol. The summed E-state index contributed by atoms with van der Waals surface area (Å²) in [5, 5.41) is 3.15. The molecule has 2 saturated heterocycles. The van der Waals surface area contributed by atoms with Crippen LogP contribution in [0.5, 0.6) is 0 Å². The van der Waals surface area contributed by atoms with Crippen LogP contribution in [0.1, 0.15) is 26.7 Å². The summed E-state index contributed by atoms with van der Waals surface area (Å²) >= 11 is 13.6. The van der Waals surface area contributed by atoms with Gasteiger partial charge in [-0.15, -0.1) is 11.8 Å². The standard InChI is InChI=1S/C17H18Cl2N2O4S/c1-9(15(23)20-14-10(18)4-3-5-11(14)19)25-16(24)12-8-26-17(2)7-6-13(22)21(12)17/h3-5,9,12H,6-8H2,1-2H3,(H,20,23)/t9-,12+,17+/m1/s1. The lowest BCUT2D eigenvalue weighted by molar-refractivity contribution is -0.160. The summed E-state index contributed by atoms with van der Waals surface area (Å²) in [5.41, 5.74) is 0.266. The van der Waals surface area contributed by atoms with Crippen LogP contribution in [0, 0.1) is 0 Å². The van der Waals surface area contributed by atoms with E-state index in [1.807, 2.05) is 6.92 Å². The number of esters is 1. The topological polar surface area (TPSA) is 75.7 Å². The number of fused-ring (bicyclic) bond motifs is 1. The first-order valence-corrected chi connectivity index (χ1v) is 9.88. The number of amides is 2. The molecule has 2 heterocycles. The molecule has 1 aromatic rings. The van der Waals surface area contributed by atoms with Gasteiger partial charge in [0, 0.05) is 12.2 Å². The predicted octanol–water partition coefficient (Wildman–Crippen LogP) is 3.32. The molecule has 3 rings (SSSR count). The minimum atomic E-state index is -1.05. The van der Waals surface area contributed by atoms with E-state index in [0.29, 0.717) is 18.6 Å². The van der Waals surface area contributed by atoms with Gasteiger partial charge in [0.1, 0.15) is 6.04 Å². The highest BCUT2D eigenvalue weighted by Crippen LogP contribution is 2.47. The van der Waals surface area contributed by atoms with Gasteiger partial charge in [0.15, 0.2) is 6.10 Å². The van der Waals surface area contributed by atoms with Gasteiger partial charge in [0.25, 0.3) is 5.91 Å². The Bertz CT molecular complexity index is 755. The first-order valence-electron chi connectivity index (χ1n) is 8.14. The van der Waals surface area contributed by atoms with E-state index in [1.54, 1.807) is 34.9 Å². The summed E-state index contributed by atoms with van der Waals surface area (Å²) in [4.78, 5) is 38.2. The summed E-state index contributed by atoms with van der Waals surface area (Å²) in [7, 11) is 0. The van der Waals surface area contributed by atoms with Crippen molar-refractivity contribution < 1.29 is 19.1 Å². The monoisotopic (exact) mass is 416 g/mol. The third kappa shape index (κ3) is 3.52. The number of nitrogens with one attached hydrogen (secondary N) is 1. The van der Waals surface area contributed by atoms with E-state index in [0.717, 1.165) is 0 Å². The van der Waals surface area contributed by atoms with Crippen LogP contribution in [-0.2, 0) is 19.1 Å². The average molecular weight is 417 g/mol. The smallest absolute Gasteiger partial charge is 0.330 e. The fourth-order valence-electron chi connectivity index (χ4n) is 3.14. The molecule has 140 valence electrons. The summed E-state index contributed by atoms with van der Waals surface area (Å²) in [5.74, 6) is -0.718. The summed E-state index contributed by atoms with van der Waals surface area (Å²) in [6, 6.07) is 4.18. The lowest BCUT2D eigenvalue weighted by Gasteiger charge is -2.29. The van der Waals surface area contributed by atoms with Crippen molar-refractivity contribution in [2.75, 3.05) is 11.1 Å². The van der Waals surface area contributed by atoms with Crippen molar-refractivity contribution in [1.29, 1.82) is 0 Å². The number of thioether (sulfide) groups is 1. The van der Waals surface area contributed by atoms with E-state index >= 15 is 0 Å². The number of nitrogens with zero attached hydrogens (tertiary/aromatic N) is 1. The number of carbonyl (C=O) groups excluding carboxylic acids is 3. The summed E-state index contributed by atoms with van der Waals surface area (Å²) < 4.78 is 5.31. The van der Waals surface area contributed by atoms with E-state index in [1.165, 1.54) is 6.92 Å². The zero-order valence-corrected chi connectivity index (χ0v) is 16.6. The van der Waals surface area contributed by atoms with Crippen molar-refractivity contribution in [1.82, 2.24) is 4.90 Å². The highest BCUT2D eigenvalue weighted by Gasteiger charge is 2.53. The van der Waals surface area contributed by atoms with Gasteiger partial charge in [-0.25, -0.2) is 4.79 Å². The Labute approximate surface area is 165 Å². The second-order valence-corrected chi connectivity index (χ2v) is 8.75. The molecular formula is C17H18Cl2N2O4S. The highest BCUT2D eigenvalue weighted by molar-refractivity contribution is 8.01. The molecule has 2 amide bonds. The van der Waals surface area contributed by atoms with Crippen molar-refractivity contribution in [2.24, 2.45) is 0 Å². The maximum atomic E-state index is 12.5. The number of para-hydroxylation sites is 1. The maximum absolute atomic E-state index is 12.5. The van der Waals surface area contributed by atoms with Crippen LogP contribution in [0.4, 0.5) is 5.69 Å². The number of hydrogen-bond acceptors (Lipinski definition) is 5. The van der Waals surface area contributed by atoms with Crippen LogP contribution in [0.15, 0.2) is 18.2 Å². The van der Waals surface area contributed by atoms with Crippen molar-refractivity contribution in [2.45, 2.75) is 43.7 Å². The van der Waals surface area contributed by atoms with Crippen LogP contribution >= 0.6 is 35.0 Å². The molecule has 1 N–H and O–H groups in total. The minimum Gasteiger partial charge on any atom is -0.451 e. The summed E-state index contributed by atoms with van der Waals surface area (Å²) in [6.45, 7) is 3.41. The van der Waals surface area contributed by atoms with Crippen LogP contribution in [0.25, 0.3) is 0 Å². The lowest BCUT2D eigenvalue weighted by atomic mass is 10.2. The second kappa shape index (κ2) is 7.29. The maximum Gasteiger partial charge on any atom is 0.330 e. The Hall–Kier alpha value is -1.44. The van der Waals surface area contributed by atoms with E-state index in [9.17, 15) is 14.4 Å². The minimum absolute atomic E-state index is 0.0561. The average Bonchev–Trinajstić information content (AvgIpc) is 3.07. The Kier molecular flexibility index (Phi) is 5.42. The number of anilines is 1. The molecule has 0 aliphatic carbocycles. The molecule has 0 aromatic heterocycles. The molecule has 9 heteroatoms. The third-order valence-corrected chi connectivity index (χ3v) is 6.73. The zero-order chi connectivity index (χ0) is 19.1. The van der Waals surface area contributed by atoms with Gasteiger partial charge in [-0.05, 0) is 32.4 Å². The fourth-order valence-corrected chi connectivity index (χ4v) is 5.05. The van der Waals surface area contributed by atoms with Gasteiger partial charge in [-0.1, -0.05) is 29.3 Å². The fraction of sp³-hybridized carbons (Fsp3) is 0.471. The van der Waals surface area contributed by atoms with Crippen molar-refractivity contribution in [3.63, 3.8) is 0 Å². The SMILES string of the molecule is C[C@@H](OC(=O)[C@@H]1CS[C@@]2(C)CCC(=O)N12)C(=O)Nc1c(Cl)cccc1Cl. The second-order valence-electron chi connectivity index (χ2n) is 6.43. The van der Waals surface area contributed by atoms with Gasteiger partial charge >= 0.3 is 5.97 Å². The predicted molar refractivity (Wildman–Crippen MR) is 101 cm³/mol. The van der Waals surface area contributed by atoms with Gasteiger partial charge in [-0.3, -0.25) is 9.59 Å². The normalized spacial score (nSPS) is 25.8. The number of rotatable bonds is 4. The van der Waals surface area contributed by atoms with Crippen LogP contribution in [-0.4, -0.2) is 45.5 Å². The van der Waals surface area contributed by atoms with E-state index in [4.69, 9.17) is 27.9 Å². The third-order valence-electron chi connectivity index (χ3n) is 4.59. The van der Waals surface area contributed by atoms with E-state index < -0.39 is 24.0 Å². The number of halogens is 2. The largest absolute Gasteiger partial charge is 0.451 e. The number of carbonyl (C=O) groups is 3. The Morgan fingerprint density at radius 1 is 1.38 bits per heavy atom. The number of hydrogen-bond donors (Lipinski definition) is 1. The molecule has 26 heavy (non-hydrogen) atoms. The first-order chi connectivity index (χ1) is 12.2. The molecule has 0 spiro atoms. The first kappa shape index (κ1) is 19.3. The van der Waals surface area contributed by atoms with Crippen LogP contribution in [0.2, 0.25) is 10.0 Å². The molecule has 6 nitrogen and oxygen atoms in total. The molecule has 0 unspecified atom stereocenters. The number of ether oxygens (including phenoxy) is 1. The van der Waals surface area contributed by atoms with Crippen molar-refractivity contribution in [3.8, 4) is 0 Å². The van der Waals surface area contributed by atoms with Gasteiger partial charge < -0.3 is 15.0 Å². The van der Waals surface area contributed by atoms with Gasteiger partial charge in [0.2, 0.25) is 5.91 Å². The Morgan fingerprint density at radius 3 is 2.69 bits per heavy atom. The highest BCUT2D eigenvalue weighted by atomic mass is 35.5. The Balaban J connectivity index is 1.64. The van der Waals surface area contributed by atoms with Crippen molar-refractivity contribution in [3.05, 3.63) is 28.2 Å². The molecule has 3 atom stereocenters. The Morgan fingerprint density at radius 2 is 2.04 bits per heavy atom. The zero-order valence-electron chi connectivity index (χ0n) is 14.3. The van der Waals surface area contributed by atoms with Crippen LogP contribution in [0.3, 0.4) is 0 Å². The van der Waals surface area contributed by atoms with E-state index in [2.05, 4.69) is 5.32 Å². The van der Waals surface area contributed by atoms with Gasteiger partial charge in [0.05, 0.1) is 20.6 Å². The quantitative estimate of drug-likeness (QED) is 0.761. The molecule has 0 saturated carbocycles. The molecule has 0 radical (unpaired) electrons. The number of benzene rings is 1. The molecule has 1 aromatic carbocycles. The molecule has 2 aliphatic heterocycles. The van der Waals surface area contributed by atoms with Crippen LogP contribution < -0.4 is 5.32 Å². The molecule has 2 fully saturated rings. The lowest BCUT2D eigenvalue weighted by Crippen LogP contribution is -2.48. The van der Waals surface area contributed by atoms with E-state index in [-0.39, 0.29) is 26.5 Å². The van der Waals surface area contributed by atoms with Crippen molar-refractivity contribution >= 4 is 58.4 Å². The van der Waals surface area contributed by atoms with Gasteiger partial charge in [-0.2, -0.15) is 0 Å². The molecule has 2 aliphatic rings.